The fourth-order valence-electron chi connectivity index (χ4n) is 3.05. The number of hydrogen-bond donors (Lipinski definition) is 0. The van der Waals surface area contributed by atoms with Gasteiger partial charge in [-0.25, -0.2) is 4.98 Å². The summed E-state index contributed by atoms with van der Waals surface area (Å²) in [4.78, 5) is 4.52. The molecule has 4 rings (SSSR count). The molecule has 3 nitrogen and oxygen atoms in total. The van der Waals surface area contributed by atoms with Gasteiger partial charge < -0.3 is 8.98 Å². The highest BCUT2D eigenvalue weighted by molar-refractivity contribution is 5.82. The summed E-state index contributed by atoms with van der Waals surface area (Å²) in [6.07, 6.45) is -2.83. The first-order chi connectivity index (χ1) is 12.4. The zero-order valence-corrected chi connectivity index (χ0v) is 13.9. The average Bonchev–Trinajstić information content (AvgIpc) is 3.23. The molecule has 6 heteroatoms. The Labute approximate surface area is 147 Å². The lowest BCUT2D eigenvalue weighted by Gasteiger charge is -2.10. The zero-order valence-electron chi connectivity index (χ0n) is 13.9. The molecular weight excluding hydrogens is 341 g/mol. The lowest BCUT2D eigenvalue weighted by molar-refractivity contribution is -0.137. The Bertz CT molecular complexity index is 1060. The van der Waals surface area contributed by atoms with Crippen molar-refractivity contribution >= 4 is 11.0 Å². The van der Waals surface area contributed by atoms with Gasteiger partial charge in [-0.3, -0.25) is 0 Å². The van der Waals surface area contributed by atoms with E-state index in [9.17, 15) is 13.2 Å². The van der Waals surface area contributed by atoms with Crippen molar-refractivity contribution in [2.45, 2.75) is 19.6 Å². The van der Waals surface area contributed by atoms with Crippen molar-refractivity contribution in [1.29, 1.82) is 0 Å². The molecule has 0 spiro atoms. The van der Waals surface area contributed by atoms with E-state index in [4.69, 9.17) is 4.42 Å². The first-order valence-electron chi connectivity index (χ1n) is 8.09. The second-order valence-electron chi connectivity index (χ2n) is 6.12. The van der Waals surface area contributed by atoms with Crippen LogP contribution in [0.4, 0.5) is 13.2 Å². The molecule has 0 N–H and O–H groups in total. The molecule has 26 heavy (non-hydrogen) atoms. The van der Waals surface area contributed by atoms with Crippen LogP contribution in [0.2, 0.25) is 0 Å². The predicted octanol–water partition coefficient (Wildman–Crippen LogP) is 5.67. The van der Waals surface area contributed by atoms with E-state index < -0.39 is 11.7 Å². The fourth-order valence-corrected chi connectivity index (χ4v) is 3.05. The van der Waals surface area contributed by atoms with Crippen LogP contribution in [0, 0.1) is 6.92 Å². The van der Waals surface area contributed by atoms with Crippen LogP contribution in [0.25, 0.3) is 22.4 Å². The average molecular weight is 356 g/mol. The third-order valence-electron chi connectivity index (χ3n) is 4.36. The number of fused-ring (bicyclic) bond motifs is 1. The number of aromatic nitrogens is 2. The lowest BCUT2D eigenvalue weighted by atomic mass is 10.1. The monoisotopic (exact) mass is 356 g/mol. The van der Waals surface area contributed by atoms with Gasteiger partial charge >= 0.3 is 6.18 Å². The normalized spacial score (nSPS) is 12.0. The van der Waals surface area contributed by atoms with Crippen LogP contribution in [-0.2, 0) is 12.7 Å². The summed E-state index contributed by atoms with van der Waals surface area (Å²) in [7, 11) is 0. The summed E-state index contributed by atoms with van der Waals surface area (Å²) < 4.78 is 46.5. The smallest absolute Gasteiger partial charge is 0.416 e. The van der Waals surface area contributed by atoms with Crippen LogP contribution in [0.15, 0.2) is 65.3 Å². The van der Waals surface area contributed by atoms with E-state index in [0.717, 1.165) is 23.3 Å². The second kappa shape index (κ2) is 6.05. The SMILES string of the molecule is Cc1ccccc1-c1nc2cc(C(F)(F)F)ccc2n1Cc1ccco1. The van der Waals surface area contributed by atoms with Crippen LogP contribution in [0.5, 0.6) is 0 Å². The molecular formula is C20H15F3N2O. The molecule has 0 aliphatic carbocycles. The molecule has 0 fully saturated rings. The van der Waals surface area contributed by atoms with Gasteiger partial charge in [0.25, 0.3) is 0 Å². The predicted molar refractivity (Wildman–Crippen MR) is 92.7 cm³/mol. The standard InChI is InChI=1S/C20H15F3N2O/c1-13-5-2-3-7-16(13)19-24-17-11-14(20(21,22)23)8-9-18(17)25(19)12-15-6-4-10-26-15/h2-11H,12H2,1H3. The van der Waals surface area contributed by atoms with Crippen molar-refractivity contribution in [1.82, 2.24) is 9.55 Å². The van der Waals surface area contributed by atoms with Crippen molar-refractivity contribution in [3.63, 3.8) is 0 Å². The molecule has 2 aromatic carbocycles. The summed E-state index contributed by atoms with van der Waals surface area (Å²) in [5.74, 6) is 1.33. The van der Waals surface area contributed by atoms with Crippen LogP contribution in [0.1, 0.15) is 16.9 Å². The van der Waals surface area contributed by atoms with Gasteiger partial charge in [0.05, 0.1) is 29.4 Å². The fraction of sp³-hybridized carbons (Fsp3) is 0.150. The Morgan fingerprint density at radius 2 is 1.85 bits per heavy atom. The van der Waals surface area contributed by atoms with E-state index in [1.54, 1.807) is 12.3 Å². The third-order valence-corrected chi connectivity index (χ3v) is 4.36. The molecule has 0 aliphatic rings. The molecule has 0 amide bonds. The third kappa shape index (κ3) is 2.87. The Kier molecular flexibility index (Phi) is 3.83. The number of furan rings is 1. The molecule has 0 radical (unpaired) electrons. The Balaban J connectivity index is 1.95. The lowest BCUT2D eigenvalue weighted by Crippen LogP contribution is -2.05. The highest BCUT2D eigenvalue weighted by atomic mass is 19.4. The summed E-state index contributed by atoms with van der Waals surface area (Å²) in [6, 6.07) is 14.9. The summed E-state index contributed by atoms with van der Waals surface area (Å²) >= 11 is 0. The van der Waals surface area contributed by atoms with Gasteiger partial charge in [-0.05, 0) is 42.8 Å². The molecule has 0 aliphatic heterocycles. The molecule has 0 saturated heterocycles. The number of aryl methyl sites for hydroxylation is 1. The van der Waals surface area contributed by atoms with Crippen molar-refractivity contribution in [3.05, 3.63) is 77.7 Å². The van der Waals surface area contributed by atoms with Crippen LogP contribution < -0.4 is 0 Å². The van der Waals surface area contributed by atoms with E-state index in [1.165, 1.54) is 6.07 Å². The van der Waals surface area contributed by atoms with Crippen LogP contribution in [0.3, 0.4) is 0 Å². The Morgan fingerprint density at radius 3 is 2.54 bits per heavy atom. The van der Waals surface area contributed by atoms with Crippen molar-refractivity contribution in [3.8, 4) is 11.4 Å². The number of halogens is 3. The van der Waals surface area contributed by atoms with E-state index >= 15 is 0 Å². The van der Waals surface area contributed by atoms with Gasteiger partial charge in [-0.15, -0.1) is 0 Å². The molecule has 0 saturated carbocycles. The molecule has 0 atom stereocenters. The Hall–Kier alpha value is -3.02. The van der Waals surface area contributed by atoms with E-state index in [-0.39, 0.29) is 0 Å². The van der Waals surface area contributed by atoms with Gasteiger partial charge in [0, 0.05) is 5.56 Å². The quantitative estimate of drug-likeness (QED) is 0.473. The molecule has 0 unspecified atom stereocenters. The van der Waals surface area contributed by atoms with Crippen molar-refractivity contribution in [2.24, 2.45) is 0 Å². The van der Waals surface area contributed by atoms with Gasteiger partial charge in [0.15, 0.2) is 0 Å². The van der Waals surface area contributed by atoms with Gasteiger partial charge in [0.2, 0.25) is 0 Å². The number of benzene rings is 2. The van der Waals surface area contributed by atoms with Crippen molar-refractivity contribution < 1.29 is 17.6 Å². The zero-order chi connectivity index (χ0) is 18.3. The van der Waals surface area contributed by atoms with Crippen molar-refractivity contribution in [2.75, 3.05) is 0 Å². The second-order valence-corrected chi connectivity index (χ2v) is 6.12. The van der Waals surface area contributed by atoms with Crippen LogP contribution in [-0.4, -0.2) is 9.55 Å². The molecule has 0 bridgehead atoms. The van der Waals surface area contributed by atoms with E-state index in [0.29, 0.717) is 29.2 Å². The first kappa shape index (κ1) is 16.4. The maximum absolute atomic E-state index is 13.1. The topological polar surface area (TPSA) is 31.0 Å². The first-order valence-corrected chi connectivity index (χ1v) is 8.09. The summed E-state index contributed by atoms with van der Waals surface area (Å²) in [5, 5.41) is 0. The van der Waals surface area contributed by atoms with Gasteiger partial charge in [0.1, 0.15) is 11.6 Å². The van der Waals surface area contributed by atoms with Gasteiger partial charge in [-0.1, -0.05) is 24.3 Å². The van der Waals surface area contributed by atoms with E-state index in [2.05, 4.69) is 4.98 Å². The number of imidazole rings is 1. The van der Waals surface area contributed by atoms with Crippen LogP contribution >= 0.6 is 0 Å². The highest BCUT2D eigenvalue weighted by Crippen LogP contribution is 2.34. The molecule has 132 valence electrons. The van der Waals surface area contributed by atoms with E-state index in [1.807, 2.05) is 41.8 Å². The highest BCUT2D eigenvalue weighted by Gasteiger charge is 2.31. The molecule has 2 aromatic heterocycles. The molecule has 2 heterocycles. The number of rotatable bonds is 3. The largest absolute Gasteiger partial charge is 0.467 e. The number of alkyl halides is 3. The number of hydrogen-bond acceptors (Lipinski definition) is 2. The minimum absolute atomic E-state index is 0.310. The Morgan fingerprint density at radius 1 is 1.04 bits per heavy atom. The maximum atomic E-state index is 13.1. The minimum Gasteiger partial charge on any atom is -0.467 e. The minimum atomic E-state index is -4.40. The summed E-state index contributed by atoms with van der Waals surface area (Å²) in [6.45, 7) is 2.34. The molecule has 4 aromatic rings. The maximum Gasteiger partial charge on any atom is 0.416 e. The summed E-state index contributed by atoms with van der Waals surface area (Å²) in [5.41, 5.74) is 2.12. The van der Waals surface area contributed by atoms with Gasteiger partial charge in [-0.2, -0.15) is 13.2 Å². The number of nitrogens with zero attached hydrogens (tertiary/aromatic N) is 2.